The van der Waals surface area contributed by atoms with Gasteiger partial charge in [-0.2, -0.15) is 0 Å². The predicted octanol–water partition coefficient (Wildman–Crippen LogP) is -0.912. The Hall–Kier alpha value is -1.82. The van der Waals surface area contributed by atoms with E-state index in [1.54, 1.807) is 12.1 Å². The van der Waals surface area contributed by atoms with Crippen molar-refractivity contribution < 1.29 is 23.6 Å². The first-order chi connectivity index (χ1) is 6.90. The van der Waals surface area contributed by atoms with E-state index in [9.17, 15) is 0 Å². The highest BCUT2D eigenvalue weighted by molar-refractivity contribution is 5.75. The standard InChI is InChI=1S/C10H12N3O.B.4FH/c11-12-9-1-3-10(4-2-9)13-5-7-14-8-6-13;;;;;/h1-4H,5-8H2;;4*1H/q+1;;;;;/p-1. The van der Waals surface area contributed by atoms with E-state index in [0.717, 1.165) is 32.0 Å². The quantitative estimate of drug-likeness (QED) is 0.380. The van der Waals surface area contributed by atoms with Crippen molar-refractivity contribution in [3.8, 4) is 0 Å². The third-order valence-corrected chi connectivity index (χ3v) is 2.34. The molecule has 107 valence electrons. The Morgan fingerprint density at radius 2 is 1.47 bits per heavy atom. The van der Waals surface area contributed by atoms with Gasteiger partial charge in [-0.3, -0.25) is 14.1 Å². The van der Waals surface area contributed by atoms with E-state index in [1.165, 1.54) is 0 Å². The molecular weight excluding hydrogens is 265 g/mol. The third kappa shape index (κ3) is 6.62. The van der Waals surface area contributed by atoms with Gasteiger partial charge in [0, 0.05) is 39.3 Å². The topological polar surface area (TPSA) is 40.6 Å². The number of hydrogen-bond donors (Lipinski definition) is 0. The zero-order chi connectivity index (χ0) is 9.80. The molecule has 0 N–H and O–H groups in total. The summed E-state index contributed by atoms with van der Waals surface area (Å²) in [5.74, 6) is 0. The molecule has 1 heterocycles. The van der Waals surface area contributed by atoms with Crippen molar-refractivity contribution in [2.24, 2.45) is 0 Å². The van der Waals surface area contributed by atoms with Gasteiger partial charge < -0.3 is 14.3 Å². The van der Waals surface area contributed by atoms with Crippen LogP contribution in [0.25, 0.3) is 4.98 Å². The summed E-state index contributed by atoms with van der Waals surface area (Å²) in [6.45, 7) is 3.42. The van der Waals surface area contributed by atoms with Crippen LogP contribution < -0.4 is 9.60 Å². The molecule has 0 spiro atoms. The van der Waals surface area contributed by atoms with Crippen LogP contribution in [0, 0.1) is 5.39 Å². The van der Waals surface area contributed by atoms with Gasteiger partial charge in [0.25, 0.3) is 0 Å². The van der Waals surface area contributed by atoms with Crippen LogP contribution in [0.15, 0.2) is 24.3 Å². The second-order valence-corrected chi connectivity index (χ2v) is 3.22. The molecular formula is C10H15BF4N3O. The molecule has 1 aliphatic heterocycles. The van der Waals surface area contributed by atoms with E-state index in [0.29, 0.717) is 5.69 Å². The average Bonchev–Trinajstić information content (AvgIpc) is 2.30. The normalized spacial score (nSPS) is 12.1. The van der Waals surface area contributed by atoms with Crippen LogP contribution in [-0.2, 0) is 4.74 Å². The molecule has 1 aromatic carbocycles. The van der Waals surface area contributed by atoms with E-state index < -0.39 is 0 Å². The first kappa shape index (κ1) is 25.9. The summed E-state index contributed by atoms with van der Waals surface area (Å²) in [5, 5.41) is 8.53. The summed E-state index contributed by atoms with van der Waals surface area (Å²) < 4.78 is 5.27. The van der Waals surface area contributed by atoms with Crippen LogP contribution >= 0.6 is 0 Å². The fourth-order valence-electron chi connectivity index (χ4n) is 1.55. The first-order valence-electron chi connectivity index (χ1n) is 4.68. The molecule has 1 saturated heterocycles. The van der Waals surface area contributed by atoms with Crippen LogP contribution in [0.2, 0.25) is 0 Å². The van der Waals surface area contributed by atoms with Crippen LogP contribution in [0.1, 0.15) is 0 Å². The van der Waals surface area contributed by atoms with Gasteiger partial charge in [0.2, 0.25) is 5.39 Å². The molecule has 0 amide bonds. The number of hydrogen-bond acceptors (Lipinski definition) is 3. The minimum atomic E-state index is 0. The zero-order valence-electron chi connectivity index (χ0n) is 10.1. The van der Waals surface area contributed by atoms with Gasteiger partial charge in [-0.1, -0.05) is 0 Å². The summed E-state index contributed by atoms with van der Waals surface area (Å²) in [7, 11) is 0. The van der Waals surface area contributed by atoms with Crippen molar-refractivity contribution >= 4 is 19.8 Å². The number of morpholine rings is 1. The van der Waals surface area contributed by atoms with Gasteiger partial charge in [0.15, 0.2) is 4.98 Å². The maximum Gasteiger partial charge on any atom is 0.385 e. The molecule has 1 aromatic rings. The zero-order valence-corrected chi connectivity index (χ0v) is 10.1. The fraction of sp³-hybridized carbons (Fsp3) is 0.400. The predicted molar refractivity (Wildman–Crippen MR) is 67.5 cm³/mol. The molecule has 0 unspecified atom stereocenters. The Morgan fingerprint density at radius 1 is 1.00 bits per heavy atom. The number of ether oxygens (including phenoxy) is 1. The van der Waals surface area contributed by atoms with Crippen molar-refractivity contribution in [1.82, 2.24) is 0 Å². The van der Waals surface area contributed by atoms with Crippen LogP contribution in [0.4, 0.5) is 25.5 Å². The van der Waals surface area contributed by atoms with Gasteiger partial charge in [-0.25, -0.2) is 0 Å². The van der Waals surface area contributed by atoms with E-state index in [-0.39, 0.29) is 27.2 Å². The summed E-state index contributed by atoms with van der Waals surface area (Å²) >= 11 is 0. The van der Waals surface area contributed by atoms with Gasteiger partial charge in [-0.05, 0) is 12.1 Å². The molecule has 19 heavy (non-hydrogen) atoms. The molecule has 4 nitrogen and oxygen atoms in total. The number of rotatable bonds is 1. The third-order valence-electron chi connectivity index (χ3n) is 2.34. The lowest BCUT2D eigenvalue weighted by Gasteiger charge is -2.28. The first-order valence-corrected chi connectivity index (χ1v) is 4.68. The van der Waals surface area contributed by atoms with E-state index in [4.69, 9.17) is 10.1 Å². The van der Waals surface area contributed by atoms with Crippen molar-refractivity contribution in [1.29, 1.82) is 5.39 Å². The maximum atomic E-state index is 8.53. The summed E-state index contributed by atoms with van der Waals surface area (Å²) in [5.41, 5.74) is 1.74. The number of benzene rings is 1. The van der Waals surface area contributed by atoms with Gasteiger partial charge in [-0.15, -0.1) is 0 Å². The molecule has 0 aliphatic carbocycles. The van der Waals surface area contributed by atoms with Crippen LogP contribution in [-0.4, -0.2) is 34.7 Å². The van der Waals surface area contributed by atoms with Gasteiger partial charge in [0.1, 0.15) is 0 Å². The van der Waals surface area contributed by atoms with Crippen molar-refractivity contribution in [2.45, 2.75) is 0 Å². The lowest BCUT2D eigenvalue weighted by Crippen LogP contribution is -3.00. The largest absolute Gasteiger partial charge is 1.00 e. The summed E-state index contributed by atoms with van der Waals surface area (Å²) in [6.07, 6.45) is 0. The summed E-state index contributed by atoms with van der Waals surface area (Å²) in [4.78, 5) is 5.37. The smallest absolute Gasteiger partial charge is 0.385 e. The Morgan fingerprint density at radius 3 is 1.89 bits per heavy atom. The minimum Gasteiger partial charge on any atom is -1.00 e. The molecule has 9 heteroatoms. The van der Waals surface area contributed by atoms with E-state index >= 15 is 0 Å². The van der Waals surface area contributed by atoms with E-state index in [1.807, 2.05) is 12.1 Å². The number of diazo groups is 1. The minimum absolute atomic E-state index is 0. The molecule has 2 rings (SSSR count). The van der Waals surface area contributed by atoms with Crippen LogP contribution in [0.3, 0.4) is 0 Å². The number of anilines is 1. The lowest BCUT2D eigenvalue weighted by molar-refractivity contribution is -0.00000666. The highest BCUT2D eigenvalue weighted by atomic mass is 19.0. The number of halogens is 4. The second kappa shape index (κ2) is 12.6. The Kier molecular flexibility index (Phi) is 17.2. The molecule has 0 bridgehead atoms. The maximum absolute atomic E-state index is 8.53. The molecule has 1 aliphatic rings. The number of nitrogens with zero attached hydrogens (tertiary/aromatic N) is 3. The van der Waals surface area contributed by atoms with E-state index in [2.05, 4.69) is 9.88 Å². The Balaban J connectivity index is -0.000000225. The highest BCUT2D eigenvalue weighted by Gasteiger charge is 2.12. The molecule has 1 fully saturated rings. The summed E-state index contributed by atoms with van der Waals surface area (Å²) in [6, 6.07) is 7.51. The molecule has 0 saturated carbocycles. The molecule has 0 aromatic heterocycles. The molecule has 3 radical (unpaired) electrons. The SMILES string of the molecule is F.F.F.N#[N+]c1ccc(N2CCOCC2)cc1.[B].[F-]. The Bertz CT molecular complexity index is 355. The van der Waals surface area contributed by atoms with Crippen molar-refractivity contribution in [3.05, 3.63) is 29.2 Å². The second-order valence-electron chi connectivity index (χ2n) is 3.22. The monoisotopic (exact) mass is 280 g/mol. The average molecular weight is 280 g/mol. The fourth-order valence-corrected chi connectivity index (χ4v) is 1.55. The van der Waals surface area contributed by atoms with Gasteiger partial charge >= 0.3 is 5.69 Å². The molecule has 0 atom stereocenters. The Labute approximate surface area is 110 Å². The lowest BCUT2D eigenvalue weighted by atomic mass is 10.2. The highest BCUT2D eigenvalue weighted by Crippen LogP contribution is 2.20. The van der Waals surface area contributed by atoms with Crippen molar-refractivity contribution in [3.63, 3.8) is 0 Å². The van der Waals surface area contributed by atoms with Crippen LogP contribution in [0.5, 0.6) is 0 Å². The van der Waals surface area contributed by atoms with Crippen molar-refractivity contribution in [2.75, 3.05) is 31.2 Å². The van der Waals surface area contributed by atoms with Gasteiger partial charge in [0.05, 0.1) is 13.2 Å².